The lowest BCUT2D eigenvalue weighted by Gasteiger charge is -2.12. The highest BCUT2D eigenvalue weighted by Crippen LogP contribution is 2.38. The lowest BCUT2D eigenvalue weighted by Crippen LogP contribution is -2.00. The highest BCUT2D eigenvalue weighted by Gasteiger charge is 2.15. The standard InChI is InChI=1S/C24H17NO4/c1-27-19-11-21(28-2)24-20(13-23(26)29-22(24)12-19)18-5-3-4-17(10-18)16-8-6-15(14-25)7-9-16/h3-13H,1-2H3. The first-order valence-electron chi connectivity index (χ1n) is 8.94. The maximum atomic E-state index is 12.2. The largest absolute Gasteiger partial charge is 0.496 e. The van der Waals surface area contributed by atoms with Crippen molar-refractivity contribution in [2.75, 3.05) is 14.2 Å². The van der Waals surface area contributed by atoms with E-state index in [2.05, 4.69) is 6.07 Å². The molecule has 1 heterocycles. The van der Waals surface area contributed by atoms with E-state index in [1.807, 2.05) is 36.4 Å². The van der Waals surface area contributed by atoms with Gasteiger partial charge in [0.15, 0.2) is 0 Å². The molecule has 0 aliphatic rings. The van der Waals surface area contributed by atoms with Crippen LogP contribution in [0.5, 0.6) is 11.5 Å². The zero-order valence-electron chi connectivity index (χ0n) is 15.9. The number of nitrogens with zero attached hydrogens (tertiary/aromatic N) is 1. The lowest BCUT2D eigenvalue weighted by atomic mass is 9.96. The van der Waals surface area contributed by atoms with Gasteiger partial charge in [0.2, 0.25) is 0 Å². The number of fused-ring (bicyclic) bond motifs is 1. The van der Waals surface area contributed by atoms with E-state index in [4.69, 9.17) is 19.2 Å². The van der Waals surface area contributed by atoms with Crippen molar-refractivity contribution >= 4 is 11.0 Å². The molecule has 0 saturated heterocycles. The molecule has 0 aliphatic heterocycles. The summed E-state index contributed by atoms with van der Waals surface area (Å²) in [4.78, 5) is 12.2. The van der Waals surface area contributed by atoms with Crippen LogP contribution in [0.25, 0.3) is 33.2 Å². The van der Waals surface area contributed by atoms with Crippen molar-refractivity contribution in [3.05, 3.63) is 82.7 Å². The molecule has 4 rings (SSSR count). The zero-order valence-corrected chi connectivity index (χ0v) is 15.9. The van der Waals surface area contributed by atoms with Crippen molar-refractivity contribution in [2.45, 2.75) is 0 Å². The molecule has 0 fully saturated rings. The van der Waals surface area contributed by atoms with E-state index < -0.39 is 5.63 Å². The minimum atomic E-state index is -0.452. The van der Waals surface area contributed by atoms with Crippen LogP contribution in [0.1, 0.15) is 5.56 Å². The van der Waals surface area contributed by atoms with Gasteiger partial charge in [-0.2, -0.15) is 5.26 Å². The molecule has 0 radical (unpaired) electrons. The smallest absolute Gasteiger partial charge is 0.336 e. The van der Waals surface area contributed by atoms with E-state index in [0.29, 0.717) is 33.6 Å². The van der Waals surface area contributed by atoms with Crippen LogP contribution in [0, 0.1) is 11.3 Å². The zero-order chi connectivity index (χ0) is 20.4. The van der Waals surface area contributed by atoms with Crippen LogP contribution < -0.4 is 15.1 Å². The van der Waals surface area contributed by atoms with Crippen LogP contribution in [-0.4, -0.2) is 14.2 Å². The van der Waals surface area contributed by atoms with E-state index in [1.165, 1.54) is 6.07 Å². The van der Waals surface area contributed by atoms with Crippen LogP contribution in [0.4, 0.5) is 0 Å². The Morgan fingerprint density at radius 2 is 1.62 bits per heavy atom. The molecular weight excluding hydrogens is 366 g/mol. The van der Waals surface area contributed by atoms with Crippen LogP contribution in [-0.2, 0) is 0 Å². The third kappa shape index (κ3) is 3.44. The first kappa shape index (κ1) is 18.3. The molecule has 0 amide bonds. The molecule has 0 atom stereocenters. The average Bonchev–Trinajstić information content (AvgIpc) is 2.77. The van der Waals surface area contributed by atoms with Crippen molar-refractivity contribution in [2.24, 2.45) is 0 Å². The molecule has 0 bridgehead atoms. The fraction of sp³-hybridized carbons (Fsp3) is 0.0833. The Kier molecular flexibility index (Phi) is 4.76. The molecule has 0 aliphatic carbocycles. The van der Waals surface area contributed by atoms with Gasteiger partial charge in [0, 0.05) is 23.8 Å². The fourth-order valence-electron chi connectivity index (χ4n) is 3.35. The monoisotopic (exact) mass is 383 g/mol. The molecule has 0 spiro atoms. The summed E-state index contributed by atoms with van der Waals surface area (Å²) >= 11 is 0. The Labute approximate surface area is 167 Å². The molecule has 0 N–H and O–H groups in total. The quantitative estimate of drug-likeness (QED) is 0.463. The minimum absolute atomic E-state index is 0.396. The van der Waals surface area contributed by atoms with Crippen LogP contribution in [0.3, 0.4) is 0 Å². The minimum Gasteiger partial charge on any atom is -0.496 e. The SMILES string of the molecule is COc1cc(OC)c2c(-c3cccc(-c4ccc(C#N)cc4)c3)cc(=O)oc2c1. The second-order valence-electron chi connectivity index (χ2n) is 6.45. The summed E-state index contributed by atoms with van der Waals surface area (Å²) in [6.45, 7) is 0. The summed E-state index contributed by atoms with van der Waals surface area (Å²) in [7, 11) is 3.11. The lowest BCUT2D eigenvalue weighted by molar-refractivity contribution is 0.396. The Morgan fingerprint density at radius 3 is 2.31 bits per heavy atom. The van der Waals surface area contributed by atoms with Gasteiger partial charge in [0.25, 0.3) is 0 Å². The van der Waals surface area contributed by atoms with Crippen molar-refractivity contribution in [1.29, 1.82) is 5.26 Å². The van der Waals surface area contributed by atoms with Gasteiger partial charge in [-0.15, -0.1) is 0 Å². The third-order valence-corrected chi connectivity index (χ3v) is 4.76. The summed E-state index contributed by atoms with van der Waals surface area (Å²) in [5, 5.41) is 9.69. The van der Waals surface area contributed by atoms with Crippen molar-refractivity contribution in [1.82, 2.24) is 0 Å². The van der Waals surface area contributed by atoms with E-state index in [1.54, 1.807) is 38.5 Å². The summed E-state index contributed by atoms with van der Waals surface area (Å²) in [5.74, 6) is 1.10. The van der Waals surface area contributed by atoms with Crippen LogP contribution >= 0.6 is 0 Å². The molecule has 5 heteroatoms. The number of hydrogen-bond donors (Lipinski definition) is 0. The van der Waals surface area contributed by atoms with Gasteiger partial charge >= 0.3 is 5.63 Å². The fourth-order valence-corrected chi connectivity index (χ4v) is 3.35. The van der Waals surface area contributed by atoms with Gasteiger partial charge < -0.3 is 13.9 Å². The van der Waals surface area contributed by atoms with E-state index in [9.17, 15) is 4.79 Å². The highest BCUT2D eigenvalue weighted by molar-refractivity contribution is 5.99. The second-order valence-corrected chi connectivity index (χ2v) is 6.45. The van der Waals surface area contributed by atoms with E-state index in [-0.39, 0.29) is 0 Å². The highest BCUT2D eigenvalue weighted by atomic mass is 16.5. The summed E-state index contributed by atoms with van der Waals surface area (Å²) in [5.41, 5.74) is 4.07. The average molecular weight is 383 g/mol. The number of nitriles is 1. The summed E-state index contributed by atoms with van der Waals surface area (Å²) < 4.78 is 16.2. The van der Waals surface area contributed by atoms with Gasteiger partial charge in [-0.1, -0.05) is 30.3 Å². The molecule has 0 unspecified atom stereocenters. The molecular formula is C24H17NO4. The Morgan fingerprint density at radius 1 is 0.862 bits per heavy atom. The maximum absolute atomic E-state index is 12.2. The van der Waals surface area contributed by atoms with Crippen molar-refractivity contribution in [3.8, 4) is 39.8 Å². The maximum Gasteiger partial charge on any atom is 0.336 e. The summed E-state index contributed by atoms with van der Waals surface area (Å²) in [6.07, 6.45) is 0. The van der Waals surface area contributed by atoms with Gasteiger partial charge in [0.05, 0.1) is 31.2 Å². The Hall–Kier alpha value is -4.04. The van der Waals surface area contributed by atoms with Crippen LogP contribution in [0.15, 0.2) is 75.9 Å². The van der Waals surface area contributed by atoms with Gasteiger partial charge in [-0.25, -0.2) is 4.79 Å². The number of rotatable bonds is 4. The summed E-state index contributed by atoms with van der Waals surface area (Å²) in [6, 6.07) is 22.2. The normalized spacial score (nSPS) is 10.5. The van der Waals surface area contributed by atoms with Crippen molar-refractivity contribution in [3.63, 3.8) is 0 Å². The molecule has 142 valence electrons. The second kappa shape index (κ2) is 7.53. The molecule has 3 aromatic carbocycles. The third-order valence-electron chi connectivity index (χ3n) is 4.76. The Bertz CT molecular complexity index is 1300. The Balaban J connectivity index is 1.93. The predicted octanol–water partition coefficient (Wildman–Crippen LogP) is 5.02. The van der Waals surface area contributed by atoms with Gasteiger partial charge in [-0.3, -0.25) is 0 Å². The number of benzene rings is 3. The predicted molar refractivity (Wildman–Crippen MR) is 111 cm³/mol. The molecule has 0 saturated carbocycles. The van der Waals surface area contributed by atoms with E-state index in [0.717, 1.165) is 16.7 Å². The van der Waals surface area contributed by atoms with E-state index >= 15 is 0 Å². The molecule has 29 heavy (non-hydrogen) atoms. The van der Waals surface area contributed by atoms with Crippen LogP contribution in [0.2, 0.25) is 0 Å². The number of methoxy groups -OCH3 is 2. The topological polar surface area (TPSA) is 72.5 Å². The molecule has 5 nitrogen and oxygen atoms in total. The first-order valence-corrected chi connectivity index (χ1v) is 8.94. The number of hydrogen-bond acceptors (Lipinski definition) is 5. The number of ether oxygens (including phenoxy) is 2. The molecule has 1 aromatic heterocycles. The molecule has 4 aromatic rings. The van der Waals surface area contributed by atoms with Gasteiger partial charge in [-0.05, 0) is 34.9 Å². The van der Waals surface area contributed by atoms with Gasteiger partial charge in [0.1, 0.15) is 17.1 Å². The van der Waals surface area contributed by atoms with Crippen molar-refractivity contribution < 1.29 is 13.9 Å². The first-order chi connectivity index (χ1) is 14.1.